The molecule has 0 rings (SSSR count). The first kappa shape index (κ1) is 11.4. The summed E-state index contributed by atoms with van der Waals surface area (Å²) >= 11 is 0. The molecule has 0 aromatic carbocycles. The quantitative estimate of drug-likeness (QED) is 0.460. The second-order valence-electron chi connectivity index (χ2n) is 0.996. The third-order valence-corrected chi connectivity index (χ3v) is 0.577. The molecule has 0 aromatic rings. The molecule has 0 saturated carbocycles. The van der Waals surface area contributed by atoms with Crippen LogP contribution in [-0.4, -0.2) is 47.5 Å². The Morgan fingerprint density at radius 3 is 1.12 bits per heavy atom. The Kier molecular flexibility index (Phi) is 10.7. The minimum absolute atomic E-state index is 0. The van der Waals surface area contributed by atoms with Gasteiger partial charge in [0.1, 0.15) is 0 Å². The fourth-order valence-corrected chi connectivity index (χ4v) is 0.289. The van der Waals surface area contributed by atoms with Crippen molar-refractivity contribution in [3.63, 3.8) is 0 Å². The van der Waals surface area contributed by atoms with Gasteiger partial charge in [-0.25, -0.2) is 0 Å². The summed E-state index contributed by atoms with van der Waals surface area (Å²) in [6.45, 7) is 0. The summed E-state index contributed by atoms with van der Waals surface area (Å²) in [6.07, 6.45) is 0. The van der Waals surface area contributed by atoms with Crippen molar-refractivity contribution in [2.75, 3.05) is 21.3 Å². The summed E-state index contributed by atoms with van der Waals surface area (Å²) in [5.41, 5.74) is 0. The van der Waals surface area contributed by atoms with E-state index in [0.29, 0.717) is 0 Å². The van der Waals surface area contributed by atoms with E-state index in [2.05, 4.69) is 14.0 Å². The van der Waals surface area contributed by atoms with Crippen molar-refractivity contribution in [3.05, 3.63) is 0 Å². The molecule has 0 fully saturated rings. The molecule has 0 atom stereocenters. The zero-order chi connectivity index (χ0) is 5.70. The van der Waals surface area contributed by atoms with Crippen LogP contribution in [0, 0.1) is 0 Å². The van der Waals surface area contributed by atoms with Gasteiger partial charge in [0.25, 0.3) is 0 Å². The van der Waals surface area contributed by atoms with Gasteiger partial charge >= 0.3 is 7.32 Å². The van der Waals surface area contributed by atoms with Gasteiger partial charge < -0.3 is 14.0 Å². The van der Waals surface area contributed by atoms with E-state index in [1.54, 1.807) is 0 Å². The van der Waals surface area contributed by atoms with Crippen molar-refractivity contribution in [2.45, 2.75) is 0 Å². The number of rotatable bonds is 3. The van der Waals surface area contributed by atoms with Crippen molar-refractivity contribution in [1.29, 1.82) is 0 Å². The van der Waals surface area contributed by atoms with E-state index < -0.39 is 7.32 Å². The minimum Gasteiger partial charge on any atom is -0.389 e. The zero-order valence-electron chi connectivity index (χ0n) is 5.80. The Balaban J connectivity index is 0. The van der Waals surface area contributed by atoms with Gasteiger partial charge in [0.15, 0.2) is 0 Å². The SMILES string of the molecule is COB(OC)OC.[Li]. The van der Waals surface area contributed by atoms with E-state index in [1.807, 2.05) is 0 Å². The third-order valence-electron chi connectivity index (χ3n) is 0.577. The maximum atomic E-state index is 4.60. The van der Waals surface area contributed by atoms with Crippen molar-refractivity contribution in [2.24, 2.45) is 0 Å². The van der Waals surface area contributed by atoms with Crippen LogP contribution in [0.2, 0.25) is 0 Å². The van der Waals surface area contributed by atoms with Crippen LogP contribution in [0.5, 0.6) is 0 Å². The van der Waals surface area contributed by atoms with Crippen LogP contribution < -0.4 is 0 Å². The molecule has 0 aliphatic rings. The average molecular weight is 111 g/mol. The van der Waals surface area contributed by atoms with Crippen LogP contribution in [-0.2, 0) is 14.0 Å². The van der Waals surface area contributed by atoms with Gasteiger partial charge in [-0.2, -0.15) is 0 Å². The normalized spacial score (nSPS) is 7.88. The van der Waals surface area contributed by atoms with Crippen LogP contribution in [0.3, 0.4) is 0 Å². The Morgan fingerprint density at radius 2 is 1.12 bits per heavy atom. The second kappa shape index (κ2) is 7.54. The molecule has 0 N–H and O–H groups in total. The summed E-state index contributed by atoms with van der Waals surface area (Å²) in [7, 11) is 4.02. The van der Waals surface area contributed by atoms with E-state index in [0.717, 1.165) is 0 Å². The third kappa shape index (κ3) is 4.70. The van der Waals surface area contributed by atoms with Gasteiger partial charge in [0.2, 0.25) is 0 Å². The molecule has 8 heavy (non-hydrogen) atoms. The molecular formula is C3H9BLiO3. The molecule has 0 saturated heterocycles. The Bertz CT molecular complexity index is 36.0. The fraction of sp³-hybridized carbons (Fsp3) is 1.00. The monoisotopic (exact) mass is 111 g/mol. The first-order chi connectivity index (χ1) is 3.35. The van der Waals surface area contributed by atoms with Gasteiger partial charge in [-0.1, -0.05) is 0 Å². The van der Waals surface area contributed by atoms with E-state index in [-0.39, 0.29) is 18.9 Å². The first-order valence-corrected chi connectivity index (χ1v) is 1.93. The predicted molar refractivity (Wildman–Crippen MR) is 32.5 cm³/mol. The van der Waals surface area contributed by atoms with E-state index >= 15 is 0 Å². The molecule has 0 bridgehead atoms. The Morgan fingerprint density at radius 1 is 0.875 bits per heavy atom. The molecule has 0 heterocycles. The van der Waals surface area contributed by atoms with Crippen molar-refractivity contribution >= 4 is 26.2 Å². The first-order valence-electron chi connectivity index (χ1n) is 1.93. The Labute approximate surface area is 62.0 Å². The van der Waals surface area contributed by atoms with Gasteiger partial charge in [0.05, 0.1) is 0 Å². The molecule has 0 spiro atoms. The summed E-state index contributed by atoms with van der Waals surface area (Å²) in [5, 5.41) is 0. The largest absolute Gasteiger partial charge is 0.638 e. The van der Waals surface area contributed by atoms with Crippen molar-refractivity contribution in [3.8, 4) is 0 Å². The van der Waals surface area contributed by atoms with Crippen LogP contribution in [0.4, 0.5) is 0 Å². The molecular weight excluding hydrogens is 102 g/mol. The maximum absolute atomic E-state index is 4.60. The molecule has 0 aliphatic carbocycles. The summed E-state index contributed by atoms with van der Waals surface area (Å²) in [4.78, 5) is 0. The second-order valence-corrected chi connectivity index (χ2v) is 0.996. The van der Waals surface area contributed by atoms with Gasteiger partial charge in [0, 0.05) is 40.2 Å². The molecule has 43 valence electrons. The maximum Gasteiger partial charge on any atom is 0.638 e. The average Bonchev–Trinajstić information content (AvgIpc) is 1.72. The van der Waals surface area contributed by atoms with Crippen LogP contribution in [0.1, 0.15) is 0 Å². The summed E-state index contributed by atoms with van der Waals surface area (Å²) in [6, 6.07) is 0. The van der Waals surface area contributed by atoms with Crippen LogP contribution in [0.25, 0.3) is 0 Å². The summed E-state index contributed by atoms with van der Waals surface area (Å²) in [5.74, 6) is 0. The van der Waals surface area contributed by atoms with Gasteiger partial charge in [-0.05, 0) is 0 Å². The van der Waals surface area contributed by atoms with Crippen molar-refractivity contribution in [1.82, 2.24) is 0 Å². The molecule has 3 nitrogen and oxygen atoms in total. The predicted octanol–water partition coefficient (Wildman–Crippen LogP) is -0.470. The zero-order valence-corrected chi connectivity index (χ0v) is 5.80. The molecule has 0 aliphatic heterocycles. The smallest absolute Gasteiger partial charge is 0.389 e. The minimum atomic E-state index is -0.514. The number of hydrogen-bond acceptors (Lipinski definition) is 3. The van der Waals surface area contributed by atoms with E-state index in [9.17, 15) is 0 Å². The van der Waals surface area contributed by atoms with E-state index in [4.69, 9.17) is 0 Å². The fourth-order valence-electron chi connectivity index (χ4n) is 0.289. The molecule has 0 aromatic heterocycles. The van der Waals surface area contributed by atoms with E-state index in [1.165, 1.54) is 21.3 Å². The summed E-state index contributed by atoms with van der Waals surface area (Å²) < 4.78 is 13.8. The Hall–Kier alpha value is 0.542. The van der Waals surface area contributed by atoms with Crippen molar-refractivity contribution < 1.29 is 14.0 Å². The molecule has 0 unspecified atom stereocenters. The van der Waals surface area contributed by atoms with Crippen LogP contribution >= 0.6 is 0 Å². The molecule has 1 radical (unpaired) electrons. The van der Waals surface area contributed by atoms with Gasteiger partial charge in [-0.3, -0.25) is 0 Å². The topological polar surface area (TPSA) is 27.7 Å². The molecule has 5 heteroatoms. The van der Waals surface area contributed by atoms with Gasteiger partial charge in [-0.15, -0.1) is 0 Å². The number of hydrogen-bond donors (Lipinski definition) is 0. The molecule has 0 amide bonds. The van der Waals surface area contributed by atoms with Crippen LogP contribution in [0.15, 0.2) is 0 Å². The standard InChI is InChI=1S/C3H9BO3.Li/c1-5-4(6-2)7-3;/h1-3H3;.